The molecule has 37 heavy (non-hydrogen) atoms. The third-order valence-electron chi connectivity index (χ3n) is 5.94. The van der Waals surface area contributed by atoms with Crippen LogP contribution >= 0.6 is 11.6 Å². The number of amides is 1. The van der Waals surface area contributed by atoms with Crippen LogP contribution in [0.25, 0.3) is 27.9 Å². The zero-order valence-electron chi connectivity index (χ0n) is 21.1. The number of aromatic nitrogens is 1. The Kier molecular flexibility index (Phi) is 8.69. The Morgan fingerprint density at radius 3 is 2.49 bits per heavy atom. The maximum Gasteiger partial charge on any atom is 0.243 e. The molecule has 0 unspecified atom stereocenters. The minimum Gasteiger partial charge on any atom is -0.497 e. The number of rotatable bonds is 11. The largest absolute Gasteiger partial charge is 0.497 e. The van der Waals surface area contributed by atoms with Crippen molar-refractivity contribution in [3.8, 4) is 17.2 Å². The number of halogens is 1. The second-order valence-corrected chi connectivity index (χ2v) is 8.88. The molecule has 3 aromatic carbocycles. The first-order chi connectivity index (χ1) is 18.0. The summed E-state index contributed by atoms with van der Waals surface area (Å²) in [5.74, 6) is 1.89. The third kappa shape index (κ3) is 6.62. The molecule has 0 aliphatic heterocycles. The first kappa shape index (κ1) is 26.1. The van der Waals surface area contributed by atoms with Crippen LogP contribution in [0.4, 0.5) is 5.69 Å². The Balaban J connectivity index is 1.29. The Bertz CT molecular complexity index is 1440. The lowest BCUT2D eigenvalue weighted by Gasteiger charge is -2.13. The highest BCUT2D eigenvalue weighted by Gasteiger charge is 2.09. The van der Waals surface area contributed by atoms with Crippen LogP contribution in [0.3, 0.4) is 0 Å². The molecule has 7 nitrogen and oxygen atoms in total. The molecule has 4 aromatic rings. The average molecular weight is 520 g/mol. The molecule has 0 aliphatic rings. The highest BCUT2D eigenvalue weighted by molar-refractivity contribution is 6.31. The first-order valence-electron chi connectivity index (χ1n) is 12.0. The van der Waals surface area contributed by atoms with E-state index in [0.29, 0.717) is 23.1 Å². The van der Waals surface area contributed by atoms with Crippen molar-refractivity contribution < 1.29 is 19.0 Å². The number of unbranched alkanes of at least 4 members (excludes halogenated alkanes) is 1. The van der Waals surface area contributed by atoms with Crippen molar-refractivity contribution in [1.82, 2.24) is 10.3 Å². The van der Waals surface area contributed by atoms with E-state index in [4.69, 9.17) is 30.8 Å². The first-order valence-corrected chi connectivity index (χ1v) is 12.4. The molecule has 0 spiro atoms. The van der Waals surface area contributed by atoms with Crippen LogP contribution < -0.4 is 24.8 Å². The van der Waals surface area contributed by atoms with Gasteiger partial charge < -0.3 is 24.8 Å². The van der Waals surface area contributed by atoms with Gasteiger partial charge in [0.2, 0.25) is 5.91 Å². The summed E-state index contributed by atoms with van der Waals surface area (Å²) in [6.45, 7) is 1.31. The molecule has 2 N–H and O–H groups in total. The van der Waals surface area contributed by atoms with Gasteiger partial charge in [-0.05, 0) is 60.9 Å². The molecule has 0 bridgehead atoms. The second kappa shape index (κ2) is 12.3. The summed E-state index contributed by atoms with van der Waals surface area (Å²) in [4.78, 5) is 17.0. The number of fused-ring (bicyclic) bond motifs is 2. The SMILES string of the molecule is COc1cc(NCCCCNC(=O)/C=C/c2ccc(OC)c(OC)c2)c2nc3cc(Cl)ccc3cc2c1. The zero-order valence-corrected chi connectivity index (χ0v) is 21.9. The molecule has 1 aromatic heterocycles. The van der Waals surface area contributed by atoms with Gasteiger partial charge in [-0.3, -0.25) is 4.79 Å². The molecule has 192 valence electrons. The summed E-state index contributed by atoms with van der Waals surface area (Å²) in [6, 6.07) is 17.2. The van der Waals surface area contributed by atoms with Gasteiger partial charge in [-0.2, -0.15) is 0 Å². The lowest BCUT2D eigenvalue weighted by molar-refractivity contribution is -0.116. The van der Waals surface area contributed by atoms with Crippen molar-refractivity contribution in [2.75, 3.05) is 39.7 Å². The number of pyridine rings is 1. The number of hydrogen-bond acceptors (Lipinski definition) is 6. The van der Waals surface area contributed by atoms with Crippen molar-refractivity contribution in [3.63, 3.8) is 0 Å². The normalized spacial score (nSPS) is 11.1. The van der Waals surface area contributed by atoms with Crippen molar-refractivity contribution in [2.45, 2.75) is 12.8 Å². The van der Waals surface area contributed by atoms with E-state index in [1.807, 2.05) is 48.5 Å². The summed E-state index contributed by atoms with van der Waals surface area (Å²) in [6.07, 6.45) is 4.97. The number of carbonyl (C=O) groups excluding carboxylic acids is 1. The summed E-state index contributed by atoms with van der Waals surface area (Å²) in [7, 11) is 4.82. The van der Waals surface area contributed by atoms with Gasteiger partial charge in [-0.1, -0.05) is 23.7 Å². The molecular weight excluding hydrogens is 490 g/mol. The molecule has 0 fully saturated rings. The van der Waals surface area contributed by atoms with Crippen LogP contribution in [-0.4, -0.2) is 45.3 Å². The van der Waals surface area contributed by atoms with Crippen molar-refractivity contribution in [2.24, 2.45) is 0 Å². The lowest BCUT2D eigenvalue weighted by atomic mass is 10.1. The smallest absolute Gasteiger partial charge is 0.243 e. The van der Waals surface area contributed by atoms with Gasteiger partial charge in [0.15, 0.2) is 11.5 Å². The van der Waals surface area contributed by atoms with Gasteiger partial charge >= 0.3 is 0 Å². The zero-order chi connectivity index (χ0) is 26.2. The van der Waals surface area contributed by atoms with Crippen LogP contribution in [0.2, 0.25) is 5.02 Å². The molecule has 4 rings (SSSR count). The van der Waals surface area contributed by atoms with Crippen LogP contribution in [0.1, 0.15) is 18.4 Å². The number of benzene rings is 3. The fourth-order valence-electron chi connectivity index (χ4n) is 4.01. The molecule has 8 heteroatoms. The molecule has 0 saturated heterocycles. The minimum absolute atomic E-state index is 0.142. The van der Waals surface area contributed by atoms with Gasteiger partial charge in [-0.25, -0.2) is 4.98 Å². The molecule has 0 saturated carbocycles. The van der Waals surface area contributed by atoms with E-state index in [9.17, 15) is 4.79 Å². The molecule has 0 atom stereocenters. The number of nitrogens with zero attached hydrogens (tertiary/aromatic N) is 1. The highest BCUT2D eigenvalue weighted by atomic mass is 35.5. The molecule has 0 radical (unpaired) electrons. The summed E-state index contributed by atoms with van der Waals surface area (Å²) >= 11 is 6.17. The van der Waals surface area contributed by atoms with Crippen LogP contribution in [0, 0.1) is 0 Å². The number of methoxy groups -OCH3 is 3. The van der Waals surface area contributed by atoms with E-state index in [0.717, 1.165) is 58.2 Å². The van der Waals surface area contributed by atoms with E-state index < -0.39 is 0 Å². The van der Waals surface area contributed by atoms with Gasteiger partial charge in [0.05, 0.1) is 38.1 Å². The van der Waals surface area contributed by atoms with E-state index >= 15 is 0 Å². The van der Waals surface area contributed by atoms with E-state index in [-0.39, 0.29) is 5.91 Å². The molecule has 0 aliphatic carbocycles. The number of ether oxygens (including phenoxy) is 3. The Morgan fingerprint density at radius 1 is 0.892 bits per heavy atom. The highest BCUT2D eigenvalue weighted by Crippen LogP contribution is 2.31. The minimum atomic E-state index is -0.142. The van der Waals surface area contributed by atoms with Crippen LogP contribution in [0.5, 0.6) is 17.2 Å². The quantitative estimate of drug-likeness (QED) is 0.142. The topological polar surface area (TPSA) is 81.7 Å². The van der Waals surface area contributed by atoms with E-state index in [1.54, 1.807) is 27.4 Å². The Morgan fingerprint density at radius 2 is 1.70 bits per heavy atom. The Hall–Kier alpha value is -3.97. The Labute approximate surface area is 221 Å². The third-order valence-corrected chi connectivity index (χ3v) is 6.17. The van der Waals surface area contributed by atoms with Crippen molar-refractivity contribution in [1.29, 1.82) is 0 Å². The summed E-state index contributed by atoms with van der Waals surface area (Å²) in [5, 5.41) is 9.06. The van der Waals surface area contributed by atoms with E-state index in [1.165, 1.54) is 6.08 Å². The van der Waals surface area contributed by atoms with Gasteiger partial charge in [0.1, 0.15) is 5.75 Å². The standard InChI is InChI=1S/C29H30ClN3O4/c1-35-23-16-21-15-20-8-9-22(30)17-24(20)33-29(21)25(18-23)31-12-4-5-13-32-28(34)11-7-19-6-10-26(36-2)27(14-19)37-3/h6-11,14-18,31H,4-5,12-13H2,1-3H3,(H,32,34)/b11-7+. The van der Waals surface area contributed by atoms with Gasteiger partial charge in [-0.15, -0.1) is 0 Å². The maximum atomic E-state index is 12.2. The van der Waals surface area contributed by atoms with Crippen molar-refractivity contribution >= 4 is 51.1 Å². The number of hydrogen-bond donors (Lipinski definition) is 2. The van der Waals surface area contributed by atoms with Crippen LogP contribution in [0.15, 0.2) is 60.7 Å². The molecular formula is C29H30ClN3O4. The predicted molar refractivity (Wildman–Crippen MR) is 150 cm³/mol. The average Bonchev–Trinajstić information content (AvgIpc) is 2.92. The molecule has 1 heterocycles. The maximum absolute atomic E-state index is 12.2. The van der Waals surface area contributed by atoms with Gasteiger partial charge in [0.25, 0.3) is 0 Å². The van der Waals surface area contributed by atoms with E-state index in [2.05, 4.69) is 16.7 Å². The fraction of sp³-hybridized carbons (Fsp3) is 0.241. The van der Waals surface area contributed by atoms with Crippen LogP contribution in [-0.2, 0) is 4.79 Å². The number of carbonyl (C=O) groups is 1. The van der Waals surface area contributed by atoms with Gasteiger partial charge in [0, 0.05) is 41.0 Å². The predicted octanol–water partition coefficient (Wildman–Crippen LogP) is 6.09. The second-order valence-electron chi connectivity index (χ2n) is 8.44. The monoisotopic (exact) mass is 519 g/mol. The van der Waals surface area contributed by atoms with Crippen molar-refractivity contribution in [3.05, 3.63) is 71.3 Å². The summed E-state index contributed by atoms with van der Waals surface area (Å²) in [5.41, 5.74) is 3.46. The molecule has 1 amide bonds. The fourth-order valence-corrected chi connectivity index (χ4v) is 4.18. The lowest BCUT2D eigenvalue weighted by Crippen LogP contribution is -2.22. The number of nitrogens with one attached hydrogen (secondary N) is 2. The number of anilines is 1. The summed E-state index contributed by atoms with van der Waals surface area (Å²) < 4.78 is 16.0.